The van der Waals surface area contributed by atoms with Crippen LogP contribution in [0.3, 0.4) is 0 Å². The molecule has 0 atom stereocenters. The summed E-state index contributed by atoms with van der Waals surface area (Å²) in [5.41, 5.74) is 2.28. The molecule has 2 heterocycles. The van der Waals surface area contributed by atoms with Gasteiger partial charge < -0.3 is 9.84 Å². The number of aliphatic hydroxyl groups is 1. The Hall–Kier alpha value is -2.38. The molecule has 2 aromatic rings. The summed E-state index contributed by atoms with van der Waals surface area (Å²) in [4.78, 5) is 21.3. The third kappa shape index (κ3) is 3.38. The number of anilines is 2. The van der Waals surface area contributed by atoms with Crippen LogP contribution in [0.2, 0.25) is 0 Å². The lowest BCUT2D eigenvalue weighted by molar-refractivity contribution is 0.152. The van der Waals surface area contributed by atoms with Gasteiger partial charge in [-0.25, -0.2) is 4.98 Å². The van der Waals surface area contributed by atoms with Crippen molar-refractivity contribution in [1.29, 1.82) is 0 Å². The summed E-state index contributed by atoms with van der Waals surface area (Å²) in [7, 11) is 0. The number of aromatic nitrogens is 2. The molecule has 1 aromatic heterocycles. The first-order valence-electron chi connectivity index (χ1n) is 8.46. The molecule has 3 rings (SSSR count). The second-order valence-electron chi connectivity index (χ2n) is 6.11. The van der Waals surface area contributed by atoms with Crippen molar-refractivity contribution in [2.75, 3.05) is 31.3 Å². The van der Waals surface area contributed by atoms with Crippen molar-refractivity contribution in [3.05, 3.63) is 45.9 Å². The van der Waals surface area contributed by atoms with Gasteiger partial charge in [0.15, 0.2) is 0 Å². The highest BCUT2D eigenvalue weighted by atomic mass is 16.5. The Bertz CT molecular complexity index is 801. The van der Waals surface area contributed by atoms with Crippen molar-refractivity contribution in [3.8, 4) is 5.75 Å². The molecule has 7 heteroatoms. The molecule has 0 bridgehead atoms. The highest BCUT2D eigenvalue weighted by Gasteiger charge is 2.26. The number of β-amino-alcohol motifs (C(OH)–C–C–N with tert-alkyl or cyclic N) is 1. The van der Waals surface area contributed by atoms with Crippen LogP contribution in [-0.2, 0) is 6.67 Å². The van der Waals surface area contributed by atoms with E-state index in [-0.39, 0.29) is 12.2 Å². The molecule has 1 N–H and O–H groups in total. The van der Waals surface area contributed by atoms with Gasteiger partial charge in [0.1, 0.15) is 5.75 Å². The van der Waals surface area contributed by atoms with E-state index in [9.17, 15) is 9.90 Å². The van der Waals surface area contributed by atoms with Crippen LogP contribution in [0, 0.1) is 13.8 Å². The van der Waals surface area contributed by atoms with Gasteiger partial charge in [0.25, 0.3) is 5.56 Å². The van der Waals surface area contributed by atoms with Crippen molar-refractivity contribution in [3.63, 3.8) is 0 Å². The van der Waals surface area contributed by atoms with E-state index in [4.69, 9.17) is 4.74 Å². The summed E-state index contributed by atoms with van der Waals surface area (Å²) in [6.45, 7) is 7.73. The van der Waals surface area contributed by atoms with E-state index in [1.807, 2.05) is 47.9 Å². The van der Waals surface area contributed by atoms with E-state index >= 15 is 0 Å². The SMILES string of the molecule is CCOc1ccc(N2CN(CCO)Cn3c2nc(C)c(C)c3=O)cc1. The Balaban J connectivity index is 2.05. The van der Waals surface area contributed by atoms with Gasteiger partial charge in [0.2, 0.25) is 5.95 Å². The maximum Gasteiger partial charge on any atom is 0.259 e. The lowest BCUT2D eigenvalue weighted by Crippen LogP contribution is -2.48. The first-order valence-corrected chi connectivity index (χ1v) is 8.46. The number of aryl methyl sites for hydroxylation is 1. The molecule has 1 aliphatic heterocycles. The maximum atomic E-state index is 12.7. The largest absolute Gasteiger partial charge is 0.494 e. The van der Waals surface area contributed by atoms with Crippen molar-refractivity contribution in [2.45, 2.75) is 27.4 Å². The Morgan fingerprint density at radius 3 is 2.56 bits per heavy atom. The first-order chi connectivity index (χ1) is 12.0. The third-order valence-electron chi connectivity index (χ3n) is 4.42. The van der Waals surface area contributed by atoms with Crippen LogP contribution in [0.4, 0.5) is 11.6 Å². The van der Waals surface area contributed by atoms with Crippen LogP contribution >= 0.6 is 0 Å². The van der Waals surface area contributed by atoms with E-state index in [0.29, 0.717) is 38.0 Å². The number of hydrogen-bond donors (Lipinski definition) is 1. The fourth-order valence-corrected chi connectivity index (χ4v) is 2.95. The maximum absolute atomic E-state index is 12.7. The fourth-order valence-electron chi connectivity index (χ4n) is 2.95. The Morgan fingerprint density at radius 1 is 1.20 bits per heavy atom. The quantitative estimate of drug-likeness (QED) is 0.889. The number of hydrogen-bond acceptors (Lipinski definition) is 6. The molecule has 0 radical (unpaired) electrons. The summed E-state index contributed by atoms with van der Waals surface area (Å²) in [6.07, 6.45) is 0. The number of fused-ring (bicyclic) bond motifs is 1. The Labute approximate surface area is 147 Å². The zero-order chi connectivity index (χ0) is 18.0. The van der Waals surface area contributed by atoms with Crippen molar-refractivity contribution in [1.82, 2.24) is 14.5 Å². The number of aliphatic hydroxyl groups excluding tert-OH is 1. The van der Waals surface area contributed by atoms with Crippen LogP contribution in [0.1, 0.15) is 18.2 Å². The number of rotatable bonds is 5. The van der Waals surface area contributed by atoms with E-state index in [1.165, 1.54) is 0 Å². The number of nitrogens with zero attached hydrogens (tertiary/aromatic N) is 4. The summed E-state index contributed by atoms with van der Waals surface area (Å²) in [5.74, 6) is 1.44. The molecule has 7 nitrogen and oxygen atoms in total. The zero-order valence-corrected chi connectivity index (χ0v) is 14.9. The van der Waals surface area contributed by atoms with Gasteiger partial charge in [-0.05, 0) is 45.0 Å². The molecule has 0 spiro atoms. The molecule has 0 saturated carbocycles. The molecule has 0 unspecified atom stereocenters. The van der Waals surface area contributed by atoms with E-state index in [0.717, 1.165) is 17.1 Å². The summed E-state index contributed by atoms with van der Waals surface area (Å²) >= 11 is 0. The lowest BCUT2D eigenvalue weighted by Gasteiger charge is -2.38. The minimum atomic E-state index is -0.0407. The van der Waals surface area contributed by atoms with E-state index in [1.54, 1.807) is 11.5 Å². The summed E-state index contributed by atoms with van der Waals surface area (Å²) < 4.78 is 7.16. The van der Waals surface area contributed by atoms with Crippen LogP contribution in [-0.4, -0.2) is 46.0 Å². The van der Waals surface area contributed by atoms with Gasteiger partial charge >= 0.3 is 0 Å². The second-order valence-corrected chi connectivity index (χ2v) is 6.11. The number of ether oxygens (including phenoxy) is 1. The van der Waals surface area contributed by atoms with Crippen molar-refractivity contribution in [2.24, 2.45) is 0 Å². The summed E-state index contributed by atoms with van der Waals surface area (Å²) in [6, 6.07) is 7.74. The van der Waals surface area contributed by atoms with Gasteiger partial charge in [-0.2, -0.15) is 0 Å². The molecular formula is C18H24N4O3. The molecule has 0 aliphatic carbocycles. The van der Waals surface area contributed by atoms with E-state index in [2.05, 4.69) is 4.98 Å². The lowest BCUT2D eigenvalue weighted by atomic mass is 10.2. The molecule has 0 amide bonds. The van der Waals surface area contributed by atoms with Crippen LogP contribution < -0.4 is 15.2 Å². The second kappa shape index (κ2) is 7.25. The van der Waals surface area contributed by atoms with Crippen molar-refractivity contribution < 1.29 is 9.84 Å². The Kier molecular flexibility index (Phi) is 5.06. The normalized spacial score (nSPS) is 14.5. The average molecular weight is 344 g/mol. The smallest absolute Gasteiger partial charge is 0.259 e. The monoisotopic (exact) mass is 344 g/mol. The van der Waals surface area contributed by atoms with Gasteiger partial charge in [0.05, 0.1) is 26.6 Å². The fraction of sp³-hybridized carbons (Fsp3) is 0.444. The van der Waals surface area contributed by atoms with Gasteiger partial charge in [-0.1, -0.05) is 0 Å². The summed E-state index contributed by atoms with van der Waals surface area (Å²) in [5, 5.41) is 9.31. The molecule has 134 valence electrons. The average Bonchev–Trinajstić information content (AvgIpc) is 2.61. The van der Waals surface area contributed by atoms with E-state index < -0.39 is 0 Å². The van der Waals surface area contributed by atoms with Crippen LogP contribution in [0.15, 0.2) is 29.1 Å². The molecule has 1 aromatic carbocycles. The number of benzene rings is 1. The standard InChI is InChI=1S/C18H24N4O3/c1-4-25-16-7-5-15(6-8-16)21-11-20(9-10-23)12-22-17(24)13(2)14(3)19-18(21)22/h5-8,23H,4,9-12H2,1-3H3. The highest BCUT2D eigenvalue weighted by molar-refractivity contribution is 5.59. The predicted octanol–water partition coefficient (Wildman–Crippen LogP) is 1.62. The molecular weight excluding hydrogens is 320 g/mol. The van der Waals surface area contributed by atoms with Gasteiger partial charge in [-0.15, -0.1) is 0 Å². The van der Waals surface area contributed by atoms with Gasteiger partial charge in [0, 0.05) is 23.5 Å². The highest BCUT2D eigenvalue weighted by Crippen LogP contribution is 2.28. The topological polar surface area (TPSA) is 70.8 Å². The minimum Gasteiger partial charge on any atom is -0.494 e. The molecule has 0 fully saturated rings. The minimum absolute atomic E-state index is 0.0407. The first kappa shape index (κ1) is 17.4. The van der Waals surface area contributed by atoms with Crippen molar-refractivity contribution >= 4 is 11.6 Å². The van der Waals surface area contributed by atoms with Crippen LogP contribution in [0.25, 0.3) is 0 Å². The molecule has 1 aliphatic rings. The zero-order valence-electron chi connectivity index (χ0n) is 14.9. The van der Waals surface area contributed by atoms with Gasteiger partial charge in [-0.3, -0.25) is 19.2 Å². The molecule has 25 heavy (non-hydrogen) atoms. The van der Waals surface area contributed by atoms with Crippen LogP contribution in [0.5, 0.6) is 5.75 Å². The molecule has 0 saturated heterocycles. The predicted molar refractivity (Wildman–Crippen MR) is 96.4 cm³/mol. The Morgan fingerprint density at radius 2 is 1.92 bits per heavy atom. The third-order valence-corrected chi connectivity index (χ3v) is 4.42.